The molecule has 4 nitrogen and oxygen atoms in total. The molecule has 2 aromatic rings. The highest BCUT2D eigenvalue weighted by Gasteiger charge is 2.16. The lowest BCUT2D eigenvalue weighted by Crippen LogP contribution is -2.11. The third-order valence-electron chi connectivity index (χ3n) is 2.72. The molecule has 3 rings (SSSR count). The quantitative estimate of drug-likeness (QED) is 0.914. The van der Waals surface area contributed by atoms with Crippen LogP contribution in [-0.4, -0.2) is 12.7 Å². The largest absolute Gasteiger partial charge is 0.454 e. The Bertz CT molecular complexity index is 642. The molecule has 2 aromatic carbocycles. The summed E-state index contributed by atoms with van der Waals surface area (Å²) in [6.07, 6.45) is 0. The molecule has 96 valence electrons. The van der Waals surface area contributed by atoms with Crippen molar-refractivity contribution < 1.29 is 14.3 Å². The molecule has 0 aromatic heterocycles. The van der Waals surface area contributed by atoms with E-state index >= 15 is 0 Å². The van der Waals surface area contributed by atoms with Crippen molar-refractivity contribution in [3.63, 3.8) is 0 Å². The number of benzene rings is 2. The highest BCUT2D eigenvalue weighted by molar-refractivity contribution is 6.30. The van der Waals surface area contributed by atoms with Crippen molar-refractivity contribution in [1.82, 2.24) is 0 Å². The minimum absolute atomic E-state index is 0.189. The fourth-order valence-electron chi connectivity index (χ4n) is 1.81. The van der Waals surface area contributed by atoms with Crippen molar-refractivity contribution in [2.75, 3.05) is 12.1 Å². The first-order chi connectivity index (χ1) is 9.22. The Morgan fingerprint density at radius 3 is 2.79 bits per heavy atom. The van der Waals surface area contributed by atoms with E-state index in [1.807, 2.05) is 0 Å². The predicted octanol–water partition coefficient (Wildman–Crippen LogP) is 3.32. The van der Waals surface area contributed by atoms with Crippen LogP contribution < -0.4 is 14.8 Å². The van der Waals surface area contributed by atoms with E-state index in [-0.39, 0.29) is 12.7 Å². The van der Waals surface area contributed by atoms with E-state index in [1.54, 1.807) is 42.5 Å². The molecule has 1 aliphatic heterocycles. The molecule has 1 N–H and O–H groups in total. The molecule has 0 bridgehead atoms. The molecule has 0 saturated heterocycles. The number of carbonyl (C=O) groups is 1. The summed E-state index contributed by atoms with van der Waals surface area (Å²) in [6, 6.07) is 12.0. The lowest BCUT2D eigenvalue weighted by molar-refractivity contribution is 0.102. The van der Waals surface area contributed by atoms with Crippen LogP contribution in [0.2, 0.25) is 5.02 Å². The van der Waals surface area contributed by atoms with Crippen LogP contribution in [0.5, 0.6) is 11.5 Å². The van der Waals surface area contributed by atoms with Crippen LogP contribution in [0.4, 0.5) is 5.69 Å². The minimum Gasteiger partial charge on any atom is -0.454 e. The zero-order valence-electron chi connectivity index (χ0n) is 9.85. The van der Waals surface area contributed by atoms with Crippen molar-refractivity contribution in [2.24, 2.45) is 0 Å². The van der Waals surface area contributed by atoms with Crippen LogP contribution in [0.25, 0.3) is 0 Å². The molecular weight excluding hydrogens is 266 g/mol. The average molecular weight is 276 g/mol. The van der Waals surface area contributed by atoms with Crippen molar-refractivity contribution in [2.45, 2.75) is 0 Å². The van der Waals surface area contributed by atoms with Gasteiger partial charge >= 0.3 is 0 Å². The van der Waals surface area contributed by atoms with Crippen molar-refractivity contribution >= 4 is 23.2 Å². The van der Waals surface area contributed by atoms with Gasteiger partial charge in [0.1, 0.15) is 0 Å². The highest BCUT2D eigenvalue weighted by Crippen LogP contribution is 2.32. The molecule has 0 aliphatic carbocycles. The standard InChI is InChI=1S/C14H10ClNO3/c15-10-2-1-3-11(7-10)16-14(17)9-4-5-12-13(6-9)19-8-18-12/h1-7H,8H2,(H,16,17). The lowest BCUT2D eigenvalue weighted by atomic mass is 10.2. The van der Waals surface area contributed by atoms with Gasteiger partial charge in [-0.25, -0.2) is 0 Å². The van der Waals surface area contributed by atoms with E-state index in [4.69, 9.17) is 21.1 Å². The van der Waals surface area contributed by atoms with Gasteiger partial charge in [-0.2, -0.15) is 0 Å². The van der Waals surface area contributed by atoms with Crippen molar-refractivity contribution in [1.29, 1.82) is 0 Å². The van der Waals surface area contributed by atoms with Crippen LogP contribution in [0.3, 0.4) is 0 Å². The summed E-state index contributed by atoms with van der Waals surface area (Å²) in [6.45, 7) is 0.189. The maximum atomic E-state index is 12.1. The second-order valence-corrected chi connectivity index (χ2v) is 4.47. The van der Waals surface area contributed by atoms with Crippen molar-refractivity contribution in [3.8, 4) is 11.5 Å². The number of rotatable bonds is 2. The number of ether oxygens (including phenoxy) is 2. The minimum atomic E-state index is -0.222. The van der Waals surface area contributed by atoms with Crippen LogP contribution >= 0.6 is 11.6 Å². The number of halogens is 1. The van der Waals surface area contributed by atoms with E-state index in [0.717, 1.165) is 0 Å². The zero-order chi connectivity index (χ0) is 13.2. The first-order valence-electron chi connectivity index (χ1n) is 5.69. The van der Waals surface area contributed by atoms with Gasteiger partial charge in [0, 0.05) is 16.3 Å². The van der Waals surface area contributed by atoms with E-state index in [2.05, 4.69) is 5.32 Å². The number of hydrogen-bond acceptors (Lipinski definition) is 3. The van der Waals surface area contributed by atoms with Gasteiger partial charge in [0.05, 0.1) is 0 Å². The fourth-order valence-corrected chi connectivity index (χ4v) is 2.00. The van der Waals surface area contributed by atoms with Gasteiger partial charge in [-0.3, -0.25) is 4.79 Å². The SMILES string of the molecule is O=C(Nc1cccc(Cl)c1)c1ccc2c(c1)OCO2. The summed E-state index contributed by atoms with van der Waals surface area (Å²) in [5.74, 6) is 1.01. The molecular formula is C14H10ClNO3. The topological polar surface area (TPSA) is 47.6 Å². The van der Waals surface area contributed by atoms with Gasteiger partial charge in [-0.1, -0.05) is 17.7 Å². The number of fused-ring (bicyclic) bond motifs is 1. The Kier molecular flexibility index (Phi) is 3.01. The lowest BCUT2D eigenvalue weighted by Gasteiger charge is -2.06. The van der Waals surface area contributed by atoms with Crippen LogP contribution in [-0.2, 0) is 0 Å². The summed E-state index contributed by atoms with van der Waals surface area (Å²) >= 11 is 5.86. The molecule has 0 atom stereocenters. The normalized spacial score (nSPS) is 12.3. The number of anilines is 1. The second-order valence-electron chi connectivity index (χ2n) is 4.03. The van der Waals surface area contributed by atoms with Gasteiger partial charge < -0.3 is 14.8 Å². The zero-order valence-corrected chi connectivity index (χ0v) is 10.6. The Balaban J connectivity index is 1.81. The second kappa shape index (κ2) is 4.82. The highest BCUT2D eigenvalue weighted by atomic mass is 35.5. The molecule has 5 heteroatoms. The summed E-state index contributed by atoms with van der Waals surface area (Å²) < 4.78 is 10.4. The number of carbonyl (C=O) groups excluding carboxylic acids is 1. The Morgan fingerprint density at radius 1 is 1.11 bits per heavy atom. The van der Waals surface area contributed by atoms with Crippen LogP contribution in [0.15, 0.2) is 42.5 Å². The Morgan fingerprint density at radius 2 is 1.95 bits per heavy atom. The van der Waals surface area contributed by atoms with Gasteiger partial charge in [0.15, 0.2) is 11.5 Å². The molecule has 0 unspecified atom stereocenters. The first kappa shape index (κ1) is 11.9. The molecule has 0 saturated carbocycles. The first-order valence-corrected chi connectivity index (χ1v) is 6.07. The number of amides is 1. The average Bonchev–Trinajstić information content (AvgIpc) is 2.85. The van der Waals surface area contributed by atoms with Gasteiger partial charge in [-0.15, -0.1) is 0 Å². The molecule has 1 heterocycles. The monoisotopic (exact) mass is 275 g/mol. The predicted molar refractivity (Wildman–Crippen MR) is 72.0 cm³/mol. The molecule has 1 aliphatic rings. The van der Waals surface area contributed by atoms with E-state index < -0.39 is 0 Å². The third kappa shape index (κ3) is 2.48. The van der Waals surface area contributed by atoms with Crippen molar-refractivity contribution in [3.05, 3.63) is 53.1 Å². The Labute approximate surface area is 114 Å². The van der Waals surface area contributed by atoms with Gasteiger partial charge in [-0.05, 0) is 36.4 Å². The molecule has 0 spiro atoms. The van der Waals surface area contributed by atoms with Gasteiger partial charge in [0.25, 0.3) is 5.91 Å². The summed E-state index contributed by atoms with van der Waals surface area (Å²) in [4.78, 5) is 12.1. The number of hydrogen-bond donors (Lipinski definition) is 1. The molecule has 19 heavy (non-hydrogen) atoms. The van der Waals surface area contributed by atoms with E-state index in [0.29, 0.717) is 27.8 Å². The fraction of sp³-hybridized carbons (Fsp3) is 0.0714. The summed E-state index contributed by atoms with van der Waals surface area (Å²) in [5.41, 5.74) is 1.15. The summed E-state index contributed by atoms with van der Waals surface area (Å²) in [5, 5.41) is 3.34. The maximum Gasteiger partial charge on any atom is 0.255 e. The Hall–Kier alpha value is -2.20. The summed E-state index contributed by atoms with van der Waals surface area (Å²) in [7, 11) is 0. The maximum absolute atomic E-state index is 12.1. The number of nitrogens with one attached hydrogen (secondary N) is 1. The molecule has 0 fully saturated rings. The van der Waals surface area contributed by atoms with Crippen LogP contribution in [0.1, 0.15) is 10.4 Å². The van der Waals surface area contributed by atoms with Gasteiger partial charge in [0.2, 0.25) is 6.79 Å². The third-order valence-corrected chi connectivity index (χ3v) is 2.95. The van der Waals surface area contributed by atoms with E-state index in [1.165, 1.54) is 0 Å². The van der Waals surface area contributed by atoms with E-state index in [9.17, 15) is 4.79 Å². The molecule has 1 amide bonds. The van der Waals surface area contributed by atoms with Crippen LogP contribution in [0, 0.1) is 0 Å². The molecule has 0 radical (unpaired) electrons. The smallest absolute Gasteiger partial charge is 0.255 e.